The number of aromatic nitrogens is 3. The molecule has 1 aromatic heterocycles. The van der Waals surface area contributed by atoms with Gasteiger partial charge in [0, 0.05) is 37.1 Å². The molecule has 154 valence electrons. The average Bonchev–Trinajstić information content (AvgIpc) is 3.19. The molecule has 0 bridgehead atoms. The zero-order chi connectivity index (χ0) is 20.7. The summed E-state index contributed by atoms with van der Waals surface area (Å²) in [6.07, 6.45) is 3.83. The van der Waals surface area contributed by atoms with E-state index < -0.39 is 0 Å². The van der Waals surface area contributed by atoms with Gasteiger partial charge in [0.1, 0.15) is 11.6 Å². The molecule has 0 radical (unpaired) electrons. The van der Waals surface area contributed by atoms with Crippen LogP contribution in [0.5, 0.6) is 0 Å². The third-order valence-corrected chi connectivity index (χ3v) is 6.09. The molecule has 5 rings (SSSR count). The Morgan fingerprint density at radius 2 is 1.93 bits per heavy atom. The van der Waals surface area contributed by atoms with Gasteiger partial charge in [0.15, 0.2) is 5.82 Å². The molecule has 0 saturated heterocycles. The molecule has 1 atom stereocenters. The van der Waals surface area contributed by atoms with E-state index in [2.05, 4.69) is 39.6 Å². The first kappa shape index (κ1) is 18.8. The van der Waals surface area contributed by atoms with E-state index in [0.29, 0.717) is 11.6 Å². The average molecular weight is 405 g/mol. The minimum absolute atomic E-state index is 0.0626. The molecule has 1 N–H and O–H groups in total. The van der Waals surface area contributed by atoms with E-state index >= 15 is 0 Å². The largest absolute Gasteiger partial charge is 0.374 e. The number of anilines is 2. The first-order valence-corrected chi connectivity index (χ1v) is 10.4. The van der Waals surface area contributed by atoms with Gasteiger partial charge in [-0.15, -0.1) is 10.2 Å². The van der Waals surface area contributed by atoms with Gasteiger partial charge in [0.2, 0.25) is 5.91 Å². The number of aryl methyl sites for hydroxylation is 1. The first-order valence-electron chi connectivity index (χ1n) is 10.4. The van der Waals surface area contributed by atoms with Gasteiger partial charge in [-0.05, 0) is 67.6 Å². The summed E-state index contributed by atoms with van der Waals surface area (Å²) in [6, 6.07) is 12.4. The fourth-order valence-electron chi connectivity index (χ4n) is 4.50. The summed E-state index contributed by atoms with van der Waals surface area (Å²) >= 11 is 0. The van der Waals surface area contributed by atoms with Crippen molar-refractivity contribution in [2.75, 3.05) is 23.8 Å². The standard InChI is InChI=1S/C23H24FN5O/c1-28-12-2-4-15-8-11-18(14-20(15)28)25-23(30)19-5-3-13-29-21(26-27-22(19)29)16-6-9-17(24)10-7-16/h6-11,14,19H,2-5,12-13H2,1H3,(H,25,30). The molecule has 0 saturated carbocycles. The Morgan fingerprint density at radius 1 is 1.10 bits per heavy atom. The van der Waals surface area contributed by atoms with Gasteiger partial charge >= 0.3 is 0 Å². The minimum atomic E-state index is -0.353. The molecule has 3 aromatic rings. The number of rotatable bonds is 3. The number of benzene rings is 2. The van der Waals surface area contributed by atoms with Crippen molar-refractivity contribution >= 4 is 17.3 Å². The van der Waals surface area contributed by atoms with E-state index in [1.165, 1.54) is 23.4 Å². The van der Waals surface area contributed by atoms with Crippen LogP contribution in [0.25, 0.3) is 11.4 Å². The molecule has 0 fully saturated rings. The number of carbonyl (C=O) groups is 1. The van der Waals surface area contributed by atoms with Crippen LogP contribution in [0.1, 0.15) is 36.6 Å². The number of amides is 1. The van der Waals surface area contributed by atoms with Crippen LogP contribution in [0.15, 0.2) is 42.5 Å². The maximum Gasteiger partial charge on any atom is 0.235 e. The van der Waals surface area contributed by atoms with Gasteiger partial charge < -0.3 is 14.8 Å². The fraction of sp³-hybridized carbons (Fsp3) is 0.348. The molecular weight excluding hydrogens is 381 g/mol. The van der Waals surface area contributed by atoms with E-state index in [-0.39, 0.29) is 17.6 Å². The number of halogens is 1. The summed E-state index contributed by atoms with van der Waals surface area (Å²) in [5, 5.41) is 11.7. The Bertz CT molecular complexity index is 1090. The second kappa shape index (κ2) is 7.55. The Kier molecular flexibility index (Phi) is 4.73. The molecule has 6 nitrogen and oxygen atoms in total. The highest BCUT2D eigenvalue weighted by atomic mass is 19.1. The van der Waals surface area contributed by atoms with E-state index in [1.54, 1.807) is 12.1 Å². The van der Waals surface area contributed by atoms with E-state index in [1.807, 2.05) is 10.6 Å². The predicted molar refractivity (Wildman–Crippen MR) is 114 cm³/mol. The molecule has 3 heterocycles. The van der Waals surface area contributed by atoms with Crippen LogP contribution in [-0.2, 0) is 17.8 Å². The molecule has 0 aliphatic carbocycles. The van der Waals surface area contributed by atoms with Gasteiger partial charge in [-0.25, -0.2) is 4.39 Å². The summed E-state index contributed by atoms with van der Waals surface area (Å²) in [5.41, 5.74) is 4.12. The van der Waals surface area contributed by atoms with Crippen LogP contribution >= 0.6 is 0 Å². The van der Waals surface area contributed by atoms with Crippen LogP contribution in [0.3, 0.4) is 0 Å². The van der Waals surface area contributed by atoms with Crippen LogP contribution < -0.4 is 10.2 Å². The Hall–Kier alpha value is -3.22. The SMILES string of the molecule is CN1CCCc2ccc(NC(=O)C3CCCn4c(-c5ccc(F)cc5)nnc43)cc21. The summed E-state index contributed by atoms with van der Waals surface area (Å²) in [4.78, 5) is 15.4. The van der Waals surface area contributed by atoms with Gasteiger partial charge in [0.25, 0.3) is 0 Å². The van der Waals surface area contributed by atoms with E-state index in [9.17, 15) is 9.18 Å². The molecule has 1 amide bonds. The van der Waals surface area contributed by atoms with Crippen molar-refractivity contribution in [3.63, 3.8) is 0 Å². The third-order valence-electron chi connectivity index (χ3n) is 6.09. The molecule has 1 unspecified atom stereocenters. The van der Waals surface area contributed by atoms with Crippen molar-refractivity contribution in [1.82, 2.24) is 14.8 Å². The van der Waals surface area contributed by atoms with Crippen molar-refractivity contribution in [3.05, 3.63) is 59.7 Å². The highest BCUT2D eigenvalue weighted by Gasteiger charge is 2.31. The Morgan fingerprint density at radius 3 is 2.77 bits per heavy atom. The lowest BCUT2D eigenvalue weighted by molar-refractivity contribution is -0.118. The minimum Gasteiger partial charge on any atom is -0.374 e. The summed E-state index contributed by atoms with van der Waals surface area (Å²) in [7, 11) is 2.09. The highest BCUT2D eigenvalue weighted by Crippen LogP contribution is 2.33. The molecular formula is C23H24FN5O. The molecule has 2 aliphatic heterocycles. The predicted octanol–water partition coefficient (Wildman–Crippen LogP) is 3.98. The Labute approximate surface area is 174 Å². The van der Waals surface area contributed by atoms with Gasteiger partial charge in [-0.1, -0.05) is 6.07 Å². The molecule has 2 aromatic carbocycles. The van der Waals surface area contributed by atoms with Crippen molar-refractivity contribution in [2.24, 2.45) is 0 Å². The maximum atomic E-state index is 13.3. The monoisotopic (exact) mass is 405 g/mol. The first-order chi connectivity index (χ1) is 14.6. The number of hydrogen-bond donors (Lipinski definition) is 1. The molecule has 30 heavy (non-hydrogen) atoms. The number of carbonyl (C=O) groups excluding carboxylic acids is 1. The van der Waals surface area contributed by atoms with Gasteiger partial charge in [-0.2, -0.15) is 0 Å². The zero-order valence-corrected chi connectivity index (χ0v) is 16.9. The van der Waals surface area contributed by atoms with Crippen LogP contribution in [0.4, 0.5) is 15.8 Å². The summed E-state index contributed by atoms with van der Waals surface area (Å²) < 4.78 is 15.3. The molecule has 0 spiro atoms. The summed E-state index contributed by atoms with van der Waals surface area (Å²) in [5.74, 6) is 0.651. The van der Waals surface area contributed by atoms with Crippen LogP contribution in [-0.4, -0.2) is 34.3 Å². The smallest absolute Gasteiger partial charge is 0.235 e. The molecule has 2 aliphatic rings. The second-order valence-corrected chi connectivity index (χ2v) is 8.09. The van der Waals surface area contributed by atoms with Crippen molar-refractivity contribution in [1.29, 1.82) is 0 Å². The number of fused-ring (bicyclic) bond motifs is 2. The summed E-state index contributed by atoms with van der Waals surface area (Å²) in [6.45, 7) is 1.78. The van der Waals surface area contributed by atoms with E-state index in [4.69, 9.17) is 0 Å². The van der Waals surface area contributed by atoms with Gasteiger partial charge in [0.05, 0.1) is 5.92 Å². The zero-order valence-electron chi connectivity index (χ0n) is 16.9. The topological polar surface area (TPSA) is 63.1 Å². The lowest BCUT2D eigenvalue weighted by Crippen LogP contribution is -2.28. The lowest BCUT2D eigenvalue weighted by atomic mass is 9.97. The second-order valence-electron chi connectivity index (χ2n) is 8.09. The number of nitrogens with zero attached hydrogens (tertiary/aromatic N) is 4. The number of nitrogens with one attached hydrogen (secondary N) is 1. The van der Waals surface area contributed by atoms with Crippen LogP contribution in [0.2, 0.25) is 0 Å². The van der Waals surface area contributed by atoms with Gasteiger partial charge in [-0.3, -0.25) is 4.79 Å². The molecule has 7 heteroatoms. The van der Waals surface area contributed by atoms with Crippen molar-refractivity contribution < 1.29 is 9.18 Å². The highest BCUT2D eigenvalue weighted by molar-refractivity contribution is 5.96. The maximum absolute atomic E-state index is 13.3. The van der Waals surface area contributed by atoms with E-state index in [0.717, 1.165) is 50.0 Å². The normalized spacial score (nSPS) is 17.9. The third kappa shape index (κ3) is 3.34. The fourth-order valence-corrected chi connectivity index (χ4v) is 4.50. The van der Waals surface area contributed by atoms with Crippen molar-refractivity contribution in [3.8, 4) is 11.4 Å². The quantitative estimate of drug-likeness (QED) is 0.716. The van der Waals surface area contributed by atoms with Crippen molar-refractivity contribution in [2.45, 2.75) is 38.1 Å². The number of hydrogen-bond acceptors (Lipinski definition) is 4. The van der Waals surface area contributed by atoms with Crippen LogP contribution in [0, 0.1) is 5.82 Å². The Balaban J connectivity index is 1.39. The lowest BCUT2D eigenvalue weighted by Gasteiger charge is -2.28.